The molecule has 0 aliphatic rings. The van der Waals surface area contributed by atoms with Crippen molar-refractivity contribution in [3.05, 3.63) is 59.9 Å². The molecule has 5 heteroatoms. The Bertz CT molecular complexity index is 632. The average molecular weight is 302 g/mol. The van der Waals surface area contributed by atoms with Crippen molar-refractivity contribution in [3.8, 4) is 5.75 Å². The number of hydrogen-bond donors (Lipinski definition) is 2. The molecule has 0 aliphatic heterocycles. The van der Waals surface area contributed by atoms with Crippen LogP contribution in [0.3, 0.4) is 0 Å². The van der Waals surface area contributed by atoms with E-state index in [0.717, 1.165) is 11.3 Å². The van der Waals surface area contributed by atoms with Gasteiger partial charge in [0, 0.05) is 0 Å². The molecule has 22 heavy (non-hydrogen) atoms. The van der Waals surface area contributed by atoms with Crippen LogP contribution < -0.4 is 15.4 Å². The van der Waals surface area contributed by atoms with E-state index >= 15 is 0 Å². The maximum atomic E-state index is 13.4. The normalized spacial score (nSPS) is 10.1. The van der Waals surface area contributed by atoms with E-state index < -0.39 is 0 Å². The van der Waals surface area contributed by atoms with Crippen molar-refractivity contribution in [1.82, 2.24) is 5.32 Å². The molecule has 0 radical (unpaired) electrons. The lowest BCUT2D eigenvalue weighted by Gasteiger charge is -2.10. The minimum absolute atomic E-state index is 0.0192. The minimum Gasteiger partial charge on any atom is -0.492 e. The summed E-state index contributed by atoms with van der Waals surface area (Å²) in [5, 5.41) is 5.46. The molecule has 2 N–H and O–H groups in total. The molecule has 0 fully saturated rings. The Morgan fingerprint density at radius 3 is 2.77 bits per heavy atom. The van der Waals surface area contributed by atoms with E-state index in [9.17, 15) is 9.18 Å². The number of nitrogens with one attached hydrogen (secondary N) is 2. The van der Waals surface area contributed by atoms with Gasteiger partial charge in [-0.05, 0) is 36.8 Å². The predicted molar refractivity (Wildman–Crippen MR) is 84.6 cm³/mol. The number of ether oxygens (including phenoxy) is 1. The summed E-state index contributed by atoms with van der Waals surface area (Å²) < 4.78 is 18.9. The summed E-state index contributed by atoms with van der Waals surface area (Å²) in [7, 11) is 0. The molecule has 0 atom stereocenters. The quantitative estimate of drug-likeness (QED) is 0.773. The molecule has 1 amide bonds. The summed E-state index contributed by atoms with van der Waals surface area (Å²) >= 11 is 0. The third-order valence-corrected chi connectivity index (χ3v) is 3.00. The first-order valence-electron chi connectivity index (χ1n) is 7.10. The zero-order valence-electron chi connectivity index (χ0n) is 12.4. The molecular formula is C17H19FN2O2. The molecule has 116 valence electrons. The third kappa shape index (κ3) is 5.09. The van der Waals surface area contributed by atoms with Gasteiger partial charge in [0.2, 0.25) is 5.91 Å². The summed E-state index contributed by atoms with van der Waals surface area (Å²) in [4.78, 5) is 11.6. The second-order valence-corrected chi connectivity index (χ2v) is 4.85. The molecule has 0 aliphatic carbocycles. The van der Waals surface area contributed by atoms with E-state index in [2.05, 4.69) is 10.6 Å². The number of halogens is 1. The predicted octanol–water partition coefficient (Wildman–Crippen LogP) is 2.74. The number of anilines is 1. The van der Waals surface area contributed by atoms with Crippen LogP contribution in [0.5, 0.6) is 5.75 Å². The first-order valence-corrected chi connectivity index (χ1v) is 7.10. The Morgan fingerprint density at radius 1 is 1.18 bits per heavy atom. The van der Waals surface area contributed by atoms with Gasteiger partial charge in [-0.15, -0.1) is 0 Å². The highest BCUT2D eigenvalue weighted by Gasteiger charge is 2.03. The Kier molecular flexibility index (Phi) is 5.77. The van der Waals surface area contributed by atoms with Gasteiger partial charge in [0.05, 0.1) is 18.8 Å². The molecule has 0 spiro atoms. The van der Waals surface area contributed by atoms with Gasteiger partial charge in [0.15, 0.2) is 0 Å². The molecule has 0 aromatic heterocycles. The third-order valence-electron chi connectivity index (χ3n) is 3.00. The Hall–Kier alpha value is -2.56. The van der Waals surface area contributed by atoms with Gasteiger partial charge in [0.25, 0.3) is 0 Å². The van der Waals surface area contributed by atoms with Crippen molar-refractivity contribution in [3.63, 3.8) is 0 Å². The molecule has 2 rings (SSSR count). The van der Waals surface area contributed by atoms with Gasteiger partial charge in [-0.1, -0.05) is 24.3 Å². The van der Waals surface area contributed by atoms with E-state index in [4.69, 9.17) is 4.74 Å². The fourth-order valence-electron chi connectivity index (χ4n) is 1.91. The van der Waals surface area contributed by atoms with Crippen molar-refractivity contribution in [1.29, 1.82) is 0 Å². The smallest absolute Gasteiger partial charge is 0.239 e. The molecule has 2 aromatic carbocycles. The zero-order valence-corrected chi connectivity index (χ0v) is 12.4. The monoisotopic (exact) mass is 302 g/mol. The van der Waals surface area contributed by atoms with Crippen molar-refractivity contribution < 1.29 is 13.9 Å². The summed E-state index contributed by atoms with van der Waals surface area (Å²) in [6.45, 7) is 2.79. The number of amides is 1. The van der Waals surface area contributed by atoms with Crippen LogP contribution in [0.2, 0.25) is 0 Å². The van der Waals surface area contributed by atoms with Gasteiger partial charge in [-0.2, -0.15) is 0 Å². The fourth-order valence-corrected chi connectivity index (χ4v) is 1.91. The maximum absolute atomic E-state index is 13.4. The van der Waals surface area contributed by atoms with Crippen LogP contribution in [-0.2, 0) is 4.79 Å². The first kappa shape index (κ1) is 15.8. The average Bonchev–Trinajstić information content (AvgIpc) is 2.51. The lowest BCUT2D eigenvalue weighted by Crippen LogP contribution is -2.33. The van der Waals surface area contributed by atoms with Crippen molar-refractivity contribution in [2.24, 2.45) is 0 Å². The number of carbonyl (C=O) groups is 1. The Labute approximate surface area is 129 Å². The standard InChI is InChI=1S/C17H19FN2O2/c1-13-5-4-6-14(11-13)22-10-9-19-17(21)12-20-16-8-3-2-7-15(16)18/h2-8,11,20H,9-10,12H2,1H3,(H,19,21). The minimum atomic E-state index is -0.377. The van der Waals surface area contributed by atoms with Gasteiger partial charge < -0.3 is 15.4 Å². The molecule has 0 saturated carbocycles. The number of hydrogen-bond acceptors (Lipinski definition) is 3. The summed E-state index contributed by atoms with van der Waals surface area (Å²) in [6, 6.07) is 13.9. The lowest BCUT2D eigenvalue weighted by atomic mass is 10.2. The van der Waals surface area contributed by atoms with E-state index in [1.807, 2.05) is 31.2 Å². The number of benzene rings is 2. The lowest BCUT2D eigenvalue weighted by molar-refractivity contribution is -0.119. The highest BCUT2D eigenvalue weighted by atomic mass is 19.1. The van der Waals surface area contributed by atoms with Gasteiger partial charge in [-0.3, -0.25) is 4.79 Å². The van der Waals surface area contributed by atoms with Gasteiger partial charge in [0.1, 0.15) is 18.2 Å². The maximum Gasteiger partial charge on any atom is 0.239 e. The van der Waals surface area contributed by atoms with Crippen LogP contribution in [0.4, 0.5) is 10.1 Å². The van der Waals surface area contributed by atoms with E-state index in [1.54, 1.807) is 18.2 Å². The van der Waals surface area contributed by atoms with Crippen molar-refractivity contribution in [2.45, 2.75) is 6.92 Å². The fraction of sp³-hybridized carbons (Fsp3) is 0.235. The van der Waals surface area contributed by atoms with Crippen molar-refractivity contribution >= 4 is 11.6 Å². The number of rotatable bonds is 7. The number of para-hydroxylation sites is 1. The SMILES string of the molecule is Cc1cccc(OCCNC(=O)CNc2ccccc2F)c1. The molecule has 0 unspecified atom stereocenters. The molecule has 0 bridgehead atoms. The van der Waals surface area contributed by atoms with Crippen LogP contribution in [0, 0.1) is 12.7 Å². The topological polar surface area (TPSA) is 50.4 Å². The Balaban J connectivity index is 1.65. The zero-order chi connectivity index (χ0) is 15.8. The number of carbonyl (C=O) groups excluding carboxylic acids is 1. The van der Waals surface area contributed by atoms with Crippen molar-refractivity contribution in [2.75, 3.05) is 25.0 Å². The molecule has 4 nitrogen and oxygen atoms in total. The van der Waals surface area contributed by atoms with Crippen LogP contribution in [0.1, 0.15) is 5.56 Å². The molecule has 0 saturated heterocycles. The second kappa shape index (κ2) is 8.02. The summed E-state index contributed by atoms with van der Waals surface area (Å²) in [6.07, 6.45) is 0. The van der Waals surface area contributed by atoms with E-state index in [-0.39, 0.29) is 18.3 Å². The van der Waals surface area contributed by atoms with Crippen LogP contribution in [-0.4, -0.2) is 25.6 Å². The number of aryl methyl sites for hydroxylation is 1. The molecular weight excluding hydrogens is 283 g/mol. The summed E-state index contributed by atoms with van der Waals surface area (Å²) in [5.41, 5.74) is 1.43. The first-order chi connectivity index (χ1) is 10.6. The van der Waals surface area contributed by atoms with Crippen LogP contribution in [0.15, 0.2) is 48.5 Å². The van der Waals surface area contributed by atoms with Gasteiger partial charge >= 0.3 is 0 Å². The van der Waals surface area contributed by atoms with Crippen LogP contribution >= 0.6 is 0 Å². The van der Waals surface area contributed by atoms with Gasteiger partial charge in [-0.25, -0.2) is 4.39 Å². The highest BCUT2D eigenvalue weighted by Crippen LogP contribution is 2.12. The molecule has 2 aromatic rings. The van der Waals surface area contributed by atoms with E-state index in [1.165, 1.54) is 6.07 Å². The van der Waals surface area contributed by atoms with E-state index in [0.29, 0.717) is 18.8 Å². The van der Waals surface area contributed by atoms with Crippen LogP contribution in [0.25, 0.3) is 0 Å². The summed E-state index contributed by atoms with van der Waals surface area (Å²) in [5.74, 6) is 0.188. The largest absolute Gasteiger partial charge is 0.492 e. The Morgan fingerprint density at radius 2 is 2.00 bits per heavy atom. The highest BCUT2D eigenvalue weighted by molar-refractivity contribution is 5.80. The second-order valence-electron chi connectivity index (χ2n) is 4.85. The molecule has 0 heterocycles.